The zero-order valence-electron chi connectivity index (χ0n) is 9.90. The normalized spacial score (nSPS) is 22.5. The molecule has 1 aromatic carbocycles. The highest BCUT2D eigenvalue weighted by Crippen LogP contribution is 2.26. The molecule has 0 amide bonds. The number of halogens is 1. The third-order valence-electron chi connectivity index (χ3n) is 3.70. The van der Waals surface area contributed by atoms with E-state index in [9.17, 15) is 0 Å². The van der Waals surface area contributed by atoms with E-state index in [4.69, 9.17) is 11.6 Å². The fourth-order valence-corrected chi connectivity index (χ4v) is 2.80. The van der Waals surface area contributed by atoms with Gasteiger partial charge < -0.3 is 10.2 Å². The van der Waals surface area contributed by atoms with Crippen LogP contribution < -0.4 is 10.2 Å². The molecule has 2 aliphatic heterocycles. The molecule has 17 heavy (non-hydrogen) atoms. The van der Waals surface area contributed by atoms with Gasteiger partial charge in [-0.1, -0.05) is 17.7 Å². The zero-order valence-corrected chi connectivity index (χ0v) is 10.7. The molecule has 2 heterocycles. The molecule has 1 aromatic rings. The molecular weight excluding hydrogens is 234 g/mol. The first-order chi connectivity index (χ1) is 8.33. The molecule has 92 valence electrons. The first-order valence-corrected chi connectivity index (χ1v) is 6.66. The maximum atomic E-state index is 6.01. The molecule has 3 rings (SSSR count). The molecule has 3 nitrogen and oxygen atoms in total. The van der Waals surface area contributed by atoms with Crippen LogP contribution in [0, 0.1) is 0 Å². The van der Waals surface area contributed by atoms with Crippen molar-refractivity contribution in [1.82, 2.24) is 10.2 Å². The second-order valence-corrected chi connectivity index (χ2v) is 5.26. The highest BCUT2D eigenvalue weighted by Gasteiger charge is 2.32. The number of anilines is 1. The molecule has 0 radical (unpaired) electrons. The van der Waals surface area contributed by atoms with E-state index >= 15 is 0 Å². The van der Waals surface area contributed by atoms with Gasteiger partial charge in [0.25, 0.3) is 0 Å². The Hall–Kier alpha value is -0.770. The van der Waals surface area contributed by atoms with Crippen LogP contribution in [0.1, 0.15) is 0 Å². The highest BCUT2D eigenvalue weighted by molar-refractivity contribution is 6.30. The van der Waals surface area contributed by atoms with Crippen LogP contribution in [-0.4, -0.2) is 50.2 Å². The lowest BCUT2D eigenvalue weighted by atomic mass is 10.0. The molecule has 0 saturated carbocycles. The van der Waals surface area contributed by atoms with Crippen molar-refractivity contribution in [3.05, 3.63) is 29.3 Å². The average Bonchev–Trinajstić information content (AvgIpc) is 2.28. The summed E-state index contributed by atoms with van der Waals surface area (Å²) in [6.45, 7) is 6.92. The molecule has 2 fully saturated rings. The van der Waals surface area contributed by atoms with Crippen molar-refractivity contribution in [2.45, 2.75) is 6.04 Å². The topological polar surface area (TPSA) is 18.5 Å². The number of piperazine rings is 1. The molecule has 0 aromatic heterocycles. The van der Waals surface area contributed by atoms with Crippen LogP contribution in [0.2, 0.25) is 5.02 Å². The van der Waals surface area contributed by atoms with Crippen LogP contribution >= 0.6 is 11.6 Å². The summed E-state index contributed by atoms with van der Waals surface area (Å²) in [5.74, 6) is 0. The number of nitrogens with one attached hydrogen (secondary N) is 1. The number of hydrogen-bond acceptors (Lipinski definition) is 3. The Bertz CT molecular complexity index is 384. The van der Waals surface area contributed by atoms with Gasteiger partial charge in [-0.15, -0.1) is 0 Å². The SMILES string of the molecule is Clc1cccc(N2CC(N3CCNCC3)C2)c1. The minimum absolute atomic E-state index is 0.732. The van der Waals surface area contributed by atoms with Gasteiger partial charge in [-0.05, 0) is 18.2 Å². The lowest BCUT2D eigenvalue weighted by Gasteiger charge is -2.48. The first kappa shape index (κ1) is 11.3. The van der Waals surface area contributed by atoms with E-state index in [1.165, 1.54) is 18.8 Å². The number of nitrogens with zero attached hydrogens (tertiary/aromatic N) is 2. The third-order valence-corrected chi connectivity index (χ3v) is 3.94. The molecule has 2 aliphatic rings. The zero-order chi connectivity index (χ0) is 11.7. The second kappa shape index (κ2) is 4.84. The van der Waals surface area contributed by atoms with Crippen molar-refractivity contribution in [1.29, 1.82) is 0 Å². The molecule has 0 bridgehead atoms. The monoisotopic (exact) mass is 251 g/mol. The average molecular weight is 252 g/mol. The van der Waals surface area contributed by atoms with Gasteiger partial charge in [-0.25, -0.2) is 0 Å². The van der Waals surface area contributed by atoms with E-state index in [-0.39, 0.29) is 0 Å². The lowest BCUT2D eigenvalue weighted by molar-refractivity contribution is 0.147. The van der Waals surface area contributed by atoms with Gasteiger partial charge in [0.2, 0.25) is 0 Å². The summed E-state index contributed by atoms with van der Waals surface area (Å²) in [6.07, 6.45) is 0. The minimum Gasteiger partial charge on any atom is -0.368 e. The molecule has 1 N–H and O–H groups in total. The van der Waals surface area contributed by atoms with Gasteiger partial charge in [0, 0.05) is 56.0 Å². The quantitative estimate of drug-likeness (QED) is 0.858. The maximum Gasteiger partial charge on any atom is 0.0447 e. The highest BCUT2D eigenvalue weighted by atomic mass is 35.5. The fraction of sp³-hybridized carbons (Fsp3) is 0.538. The van der Waals surface area contributed by atoms with E-state index in [2.05, 4.69) is 27.2 Å². The molecule has 0 atom stereocenters. The summed E-state index contributed by atoms with van der Waals surface area (Å²) in [5, 5.41) is 4.22. The predicted octanol–water partition coefficient (Wildman–Crippen LogP) is 1.43. The fourth-order valence-electron chi connectivity index (χ4n) is 2.62. The van der Waals surface area contributed by atoms with E-state index < -0.39 is 0 Å². The second-order valence-electron chi connectivity index (χ2n) is 4.82. The maximum absolute atomic E-state index is 6.01. The number of hydrogen-bond donors (Lipinski definition) is 1. The van der Waals surface area contributed by atoms with Gasteiger partial charge in [-0.2, -0.15) is 0 Å². The Labute approximate surface area is 107 Å². The summed E-state index contributed by atoms with van der Waals surface area (Å²) in [7, 11) is 0. The Balaban J connectivity index is 1.57. The standard InChI is InChI=1S/C13H18ClN3/c14-11-2-1-3-12(8-11)17-9-13(10-17)16-6-4-15-5-7-16/h1-3,8,13,15H,4-7,9-10H2. The van der Waals surface area contributed by atoms with Gasteiger partial charge in [0.15, 0.2) is 0 Å². The van der Waals surface area contributed by atoms with Crippen LogP contribution in [0.25, 0.3) is 0 Å². The van der Waals surface area contributed by atoms with Gasteiger partial charge >= 0.3 is 0 Å². The van der Waals surface area contributed by atoms with Crippen LogP contribution in [0.3, 0.4) is 0 Å². The summed E-state index contributed by atoms with van der Waals surface area (Å²) < 4.78 is 0. The molecular formula is C13H18ClN3. The van der Waals surface area contributed by atoms with Crippen molar-refractivity contribution in [3.8, 4) is 0 Å². The van der Waals surface area contributed by atoms with Crippen LogP contribution in [0.5, 0.6) is 0 Å². The summed E-state index contributed by atoms with van der Waals surface area (Å²) in [6, 6.07) is 8.88. The van der Waals surface area contributed by atoms with Crippen molar-refractivity contribution in [2.24, 2.45) is 0 Å². The third kappa shape index (κ3) is 2.41. The molecule has 0 spiro atoms. The van der Waals surface area contributed by atoms with Gasteiger partial charge in [0.05, 0.1) is 0 Å². The van der Waals surface area contributed by atoms with E-state index in [0.717, 1.165) is 37.2 Å². The van der Waals surface area contributed by atoms with Crippen molar-refractivity contribution in [3.63, 3.8) is 0 Å². The van der Waals surface area contributed by atoms with E-state index in [1.807, 2.05) is 12.1 Å². The molecule has 0 unspecified atom stereocenters. The summed E-state index contributed by atoms with van der Waals surface area (Å²) in [5.41, 5.74) is 1.25. The lowest BCUT2D eigenvalue weighted by Crippen LogP contribution is -2.62. The van der Waals surface area contributed by atoms with E-state index in [0.29, 0.717) is 0 Å². The van der Waals surface area contributed by atoms with Crippen LogP contribution in [-0.2, 0) is 0 Å². The number of rotatable bonds is 2. The Kier molecular flexibility index (Phi) is 3.23. The minimum atomic E-state index is 0.732. The first-order valence-electron chi connectivity index (χ1n) is 6.28. The smallest absolute Gasteiger partial charge is 0.0447 e. The van der Waals surface area contributed by atoms with Gasteiger partial charge in [-0.3, -0.25) is 4.90 Å². The summed E-state index contributed by atoms with van der Waals surface area (Å²) >= 11 is 6.01. The molecule has 0 aliphatic carbocycles. The Morgan fingerprint density at radius 1 is 1.18 bits per heavy atom. The number of benzene rings is 1. The van der Waals surface area contributed by atoms with Crippen LogP contribution in [0.15, 0.2) is 24.3 Å². The Morgan fingerprint density at radius 2 is 1.94 bits per heavy atom. The summed E-state index contributed by atoms with van der Waals surface area (Å²) in [4.78, 5) is 5.00. The molecule has 4 heteroatoms. The van der Waals surface area contributed by atoms with Crippen molar-refractivity contribution < 1.29 is 0 Å². The van der Waals surface area contributed by atoms with E-state index in [1.54, 1.807) is 0 Å². The van der Waals surface area contributed by atoms with Crippen molar-refractivity contribution >= 4 is 17.3 Å². The predicted molar refractivity (Wildman–Crippen MR) is 71.9 cm³/mol. The van der Waals surface area contributed by atoms with Gasteiger partial charge in [0.1, 0.15) is 0 Å². The van der Waals surface area contributed by atoms with Crippen LogP contribution in [0.4, 0.5) is 5.69 Å². The largest absolute Gasteiger partial charge is 0.368 e. The molecule has 2 saturated heterocycles. The van der Waals surface area contributed by atoms with Crippen molar-refractivity contribution in [2.75, 3.05) is 44.2 Å². The Morgan fingerprint density at radius 3 is 2.65 bits per heavy atom.